The monoisotopic (exact) mass is 403 g/mol. The van der Waals surface area contributed by atoms with Gasteiger partial charge < -0.3 is 14.5 Å². The van der Waals surface area contributed by atoms with Gasteiger partial charge in [-0.1, -0.05) is 30.3 Å². The Hall–Kier alpha value is -2.63. The van der Waals surface area contributed by atoms with Crippen LogP contribution in [-0.4, -0.2) is 19.1 Å². The largest absolute Gasteiger partial charge is 0.462 e. The van der Waals surface area contributed by atoms with Crippen LogP contribution in [0, 0.1) is 5.82 Å². The van der Waals surface area contributed by atoms with Crippen molar-refractivity contribution >= 4 is 18.4 Å². The molecule has 0 amide bonds. The standard InChI is InChI=1S/C22H22FNO3.ClH/c1-2-26-22(25)18-9-7-17(8-10-18)21-12-11-19(27-21)15-24-14-13-16-5-3-4-6-20(16)23;/h3-12,24H,2,13-15H2,1H3;1H. The van der Waals surface area contributed by atoms with Crippen LogP contribution in [0.3, 0.4) is 0 Å². The van der Waals surface area contributed by atoms with Crippen molar-refractivity contribution in [2.75, 3.05) is 13.2 Å². The van der Waals surface area contributed by atoms with Crippen molar-refractivity contribution in [3.8, 4) is 11.3 Å². The van der Waals surface area contributed by atoms with Crippen molar-refractivity contribution < 1.29 is 18.3 Å². The van der Waals surface area contributed by atoms with Gasteiger partial charge in [-0.2, -0.15) is 0 Å². The predicted octanol–water partition coefficient (Wildman–Crippen LogP) is 5.02. The first-order chi connectivity index (χ1) is 13.2. The highest BCUT2D eigenvalue weighted by Crippen LogP contribution is 2.23. The highest BCUT2D eigenvalue weighted by Gasteiger charge is 2.09. The quantitative estimate of drug-likeness (QED) is 0.424. The number of furan rings is 1. The van der Waals surface area contributed by atoms with Crippen molar-refractivity contribution in [2.24, 2.45) is 0 Å². The summed E-state index contributed by atoms with van der Waals surface area (Å²) in [5, 5.41) is 3.26. The number of hydrogen-bond acceptors (Lipinski definition) is 4. The molecule has 3 rings (SSSR count). The summed E-state index contributed by atoms with van der Waals surface area (Å²) in [4.78, 5) is 11.7. The van der Waals surface area contributed by atoms with Gasteiger partial charge in [0.25, 0.3) is 0 Å². The summed E-state index contributed by atoms with van der Waals surface area (Å²) in [6.45, 7) is 3.35. The van der Waals surface area contributed by atoms with Gasteiger partial charge in [-0.25, -0.2) is 9.18 Å². The molecule has 3 aromatic rings. The minimum Gasteiger partial charge on any atom is -0.462 e. The van der Waals surface area contributed by atoms with Gasteiger partial charge in [-0.05, 0) is 55.8 Å². The zero-order valence-electron chi connectivity index (χ0n) is 15.6. The summed E-state index contributed by atoms with van der Waals surface area (Å²) in [6, 6.07) is 17.7. The van der Waals surface area contributed by atoms with E-state index in [0.29, 0.717) is 37.2 Å². The average molecular weight is 404 g/mol. The summed E-state index contributed by atoms with van der Waals surface area (Å²) >= 11 is 0. The maximum absolute atomic E-state index is 13.6. The Labute approximate surface area is 170 Å². The third kappa shape index (κ3) is 5.68. The molecule has 0 spiro atoms. The average Bonchev–Trinajstić information content (AvgIpc) is 3.16. The van der Waals surface area contributed by atoms with E-state index in [1.165, 1.54) is 6.07 Å². The van der Waals surface area contributed by atoms with Gasteiger partial charge in [-0.3, -0.25) is 0 Å². The second-order valence-corrected chi connectivity index (χ2v) is 6.08. The molecule has 0 unspecified atom stereocenters. The van der Waals surface area contributed by atoms with Gasteiger partial charge >= 0.3 is 5.97 Å². The second kappa shape index (κ2) is 10.6. The molecule has 6 heteroatoms. The SMILES string of the molecule is CCOC(=O)c1ccc(-c2ccc(CNCCc3ccccc3F)o2)cc1.Cl. The molecular weight excluding hydrogens is 381 g/mol. The van der Waals surface area contributed by atoms with Crippen molar-refractivity contribution in [3.63, 3.8) is 0 Å². The van der Waals surface area contributed by atoms with E-state index in [2.05, 4.69) is 5.32 Å². The fraction of sp³-hybridized carbons (Fsp3) is 0.227. The molecule has 28 heavy (non-hydrogen) atoms. The van der Waals surface area contributed by atoms with Crippen LogP contribution in [0.25, 0.3) is 11.3 Å². The molecule has 4 nitrogen and oxygen atoms in total. The first-order valence-electron chi connectivity index (χ1n) is 8.97. The van der Waals surface area contributed by atoms with Crippen LogP contribution in [0.2, 0.25) is 0 Å². The van der Waals surface area contributed by atoms with E-state index in [-0.39, 0.29) is 24.2 Å². The van der Waals surface area contributed by atoms with Crippen LogP contribution >= 0.6 is 12.4 Å². The zero-order valence-corrected chi connectivity index (χ0v) is 16.4. The van der Waals surface area contributed by atoms with E-state index in [1.807, 2.05) is 30.3 Å². The summed E-state index contributed by atoms with van der Waals surface area (Å²) in [5.74, 6) is 1.03. The van der Waals surface area contributed by atoms with E-state index < -0.39 is 0 Å². The lowest BCUT2D eigenvalue weighted by atomic mass is 10.1. The summed E-state index contributed by atoms with van der Waals surface area (Å²) in [6.07, 6.45) is 0.621. The minimum atomic E-state index is -0.330. The predicted molar refractivity (Wildman–Crippen MR) is 109 cm³/mol. The normalized spacial score (nSPS) is 10.4. The van der Waals surface area contributed by atoms with Gasteiger partial charge in [0.15, 0.2) is 0 Å². The fourth-order valence-electron chi connectivity index (χ4n) is 2.75. The molecule has 0 saturated carbocycles. The smallest absolute Gasteiger partial charge is 0.338 e. The van der Waals surface area contributed by atoms with Gasteiger partial charge in [0, 0.05) is 5.56 Å². The molecule has 0 atom stereocenters. The molecular formula is C22H23ClFNO3. The Balaban J connectivity index is 0.00000280. The van der Waals surface area contributed by atoms with E-state index in [9.17, 15) is 9.18 Å². The van der Waals surface area contributed by atoms with E-state index in [4.69, 9.17) is 9.15 Å². The number of hydrogen-bond donors (Lipinski definition) is 1. The molecule has 1 N–H and O–H groups in total. The molecule has 0 bridgehead atoms. The number of nitrogens with one attached hydrogen (secondary N) is 1. The van der Waals surface area contributed by atoms with Gasteiger partial charge in [-0.15, -0.1) is 12.4 Å². The summed E-state index contributed by atoms with van der Waals surface area (Å²) in [7, 11) is 0. The first kappa shape index (κ1) is 21.7. The molecule has 1 heterocycles. The minimum absolute atomic E-state index is 0. The summed E-state index contributed by atoms with van der Waals surface area (Å²) in [5.41, 5.74) is 2.11. The lowest BCUT2D eigenvalue weighted by molar-refractivity contribution is 0.0526. The van der Waals surface area contributed by atoms with Crippen LogP contribution in [-0.2, 0) is 17.7 Å². The van der Waals surface area contributed by atoms with Crippen LogP contribution in [0.4, 0.5) is 4.39 Å². The highest BCUT2D eigenvalue weighted by atomic mass is 35.5. The molecule has 1 aromatic heterocycles. The van der Waals surface area contributed by atoms with E-state index in [1.54, 1.807) is 31.2 Å². The number of ether oxygens (including phenoxy) is 1. The van der Waals surface area contributed by atoms with E-state index >= 15 is 0 Å². The van der Waals surface area contributed by atoms with Crippen molar-refractivity contribution in [3.05, 3.63) is 83.4 Å². The Morgan fingerprint density at radius 1 is 1.07 bits per heavy atom. The van der Waals surface area contributed by atoms with E-state index in [0.717, 1.165) is 17.1 Å². The molecule has 0 saturated heterocycles. The molecule has 0 aliphatic heterocycles. The zero-order chi connectivity index (χ0) is 19.1. The highest BCUT2D eigenvalue weighted by molar-refractivity contribution is 5.89. The topological polar surface area (TPSA) is 51.5 Å². The lowest BCUT2D eigenvalue weighted by Crippen LogP contribution is -2.16. The molecule has 0 aliphatic rings. The molecule has 2 aromatic carbocycles. The Bertz CT molecular complexity index is 893. The number of carbonyl (C=O) groups is 1. The third-order valence-corrected chi connectivity index (χ3v) is 4.17. The number of halogens is 2. The third-order valence-electron chi connectivity index (χ3n) is 4.17. The molecule has 0 radical (unpaired) electrons. The van der Waals surface area contributed by atoms with Crippen LogP contribution in [0.1, 0.15) is 28.6 Å². The van der Waals surface area contributed by atoms with Crippen molar-refractivity contribution in [1.82, 2.24) is 5.32 Å². The van der Waals surface area contributed by atoms with Crippen molar-refractivity contribution in [1.29, 1.82) is 0 Å². The molecule has 0 fully saturated rings. The van der Waals surface area contributed by atoms with Gasteiger partial charge in [0.05, 0.1) is 18.7 Å². The molecule has 148 valence electrons. The fourth-order valence-corrected chi connectivity index (χ4v) is 2.75. The first-order valence-corrected chi connectivity index (χ1v) is 8.97. The number of rotatable bonds is 8. The van der Waals surface area contributed by atoms with Crippen LogP contribution in [0.15, 0.2) is 65.1 Å². The Morgan fingerprint density at radius 3 is 2.54 bits per heavy atom. The van der Waals surface area contributed by atoms with Gasteiger partial charge in [0.1, 0.15) is 17.3 Å². The Kier molecular flexibility index (Phi) is 8.23. The molecule has 0 aliphatic carbocycles. The number of esters is 1. The number of benzene rings is 2. The Morgan fingerprint density at radius 2 is 1.82 bits per heavy atom. The van der Waals surface area contributed by atoms with Crippen LogP contribution in [0.5, 0.6) is 0 Å². The van der Waals surface area contributed by atoms with Crippen molar-refractivity contribution in [2.45, 2.75) is 19.9 Å². The maximum atomic E-state index is 13.6. The lowest BCUT2D eigenvalue weighted by Gasteiger charge is -2.05. The van der Waals surface area contributed by atoms with Crippen LogP contribution < -0.4 is 5.32 Å². The maximum Gasteiger partial charge on any atom is 0.338 e. The number of carbonyl (C=O) groups excluding carboxylic acids is 1. The summed E-state index contributed by atoms with van der Waals surface area (Å²) < 4.78 is 24.4. The van der Waals surface area contributed by atoms with Gasteiger partial charge in [0.2, 0.25) is 0 Å². The second-order valence-electron chi connectivity index (χ2n) is 6.08.